The molecule has 0 saturated carbocycles. The summed E-state index contributed by atoms with van der Waals surface area (Å²) in [5.74, 6) is 0.863. The van der Waals surface area contributed by atoms with Crippen LogP contribution >= 0.6 is 0 Å². The first kappa shape index (κ1) is 11.5. The van der Waals surface area contributed by atoms with Gasteiger partial charge in [0.1, 0.15) is 11.9 Å². The van der Waals surface area contributed by atoms with Gasteiger partial charge in [0, 0.05) is 25.3 Å². The molecule has 94 valence electrons. The van der Waals surface area contributed by atoms with Gasteiger partial charge in [-0.3, -0.25) is 4.90 Å². The van der Waals surface area contributed by atoms with Crippen molar-refractivity contribution in [3.05, 3.63) is 23.9 Å². The average Bonchev–Trinajstić information content (AvgIpc) is 3.09. The topological polar surface area (TPSA) is 43.2 Å². The third kappa shape index (κ3) is 2.06. The molecular weight excluding hydrogens is 224 g/mol. The number of pyridine rings is 1. The lowest BCUT2D eigenvalue weighted by Gasteiger charge is -2.24. The minimum absolute atomic E-state index is 0.654. The molecule has 0 bridgehead atoms. The van der Waals surface area contributed by atoms with Crippen molar-refractivity contribution in [1.82, 2.24) is 9.88 Å². The SMILES string of the molecule is N#Cc1cccnc1N1CCC(N2CCCC2)C1. The highest BCUT2D eigenvalue weighted by atomic mass is 15.3. The van der Waals surface area contributed by atoms with E-state index >= 15 is 0 Å². The van der Waals surface area contributed by atoms with Crippen molar-refractivity contribution >= 4 is 5.82 Å². The van der Waals surface area contributed by atoms with Gasteiger partial charge in [0.15, 0.2) is 0 Å². The molecule has 2 aliphatic rings. The van der Waals surface area contributed by atoms with Crippen molar-refractivity contribution in [2.75, 3.05) is 31.1 Å². The van der Waals surface area contributed by atoms with Gasteiger partial charge in [-0.05, 0) is 44.5 Å². The molecule has 3 rings (SSSR count). The lowest BCUT2D eigenvalue weighted by atomic mass is 10.2. The molecule has 2 fully saturated rings. The van der Waals surface area contributed by atoms with Crippen LogP contribution in [0.4, 0.5) is 5.82 Å². The van der Waals surface area contributed by atoms with E-state index in [1.165, 1.54) is 32.4 Å². The number of rotatable bonds is 2. The van der Waals surface area contributed by atoms with Gasteiger partial charge < -0.3 is 4.90 Å². The van der Waals surface area contributed by atoms with Gasteiger partial charge in [-0.25, -0.2) is 4.98 Å². The van der Waals surface area contributed by atoms with Crippen LogP contribution < -0.4 is 4.90 Å². The zero-order valence-electron chi connectivity index (χ0n) is 10.5. The molecular formula is C14H18N4. The summed E-state index contributed by atoms with van der Waals surface area (Å²) in [7, 11) is 0. The summed E-state index contributed by atoms with van der Waals surface area (Å²) < 4.78 is 0. The van der Waals surface area contributed by atoms with E-state index in [0.717, 1.165) is 18.9 Å². The molecule has 4 heteroatoms. The number of nitrogens with zero attached hydrogens (tertiary/aromatic N) is 4. The predicted octanol–water partition coefficient (Wildman–Crippen LogP) is 1.63. The monoisotopic (exact) mass is 242 g/mol. The van der Waals surface area contributed by atoms with Gasteiger partial charge in [-0.2, -0.15) is 5.26 Å². The zero-order valence-corrected chi connectivity index (χ0v) is 10.5. The number of nitriles is 1. The highest BCUT2D eigenvalue weighted by Crippen LogP contribution is 2.25. The molecule has 0 radical (unpaired) electrons. The lowest BCUT2D eigenvalue weighted by molar-refractivity contribution is 0.260. The van der Waals surface area contributed by atoms with E-state index in [1.54, 1.807) is 6.20 Å². The first-order chi connectivity index (χ1) is 8.88. The van der Waals surface area contributed by atoms with E-state index in [1.807, 2.05) is 12.1 Å². The smallest absolute Gasteiger partial charge is 0.146 e. The van der Waals surface area contributed by atoms with Crippen LogP contribution in [0.25, 0.3) is 0 Å². The van der Waals surface area contributed by atoms with Crippen molar-refractivity contribution in [2.45, 2.75) is 25.3 Å². The fourth-order valence-corrected chi connectivity index (χ4v) is 3.08. The number of aromatic nitrogens is 1. The van der Waals surface area contributed by atoms with Gasteiger partial charge in [-0.15, -0.1) is 0 Å². The second kappa shape index (κ2) is 4.95. The summed E-state index contributed by atoms with van der Waals surface area (Å²) in [6.07, 6.45) is 5.65. The summed E-state index contributed by atoms with van der Waals surface area (Å²) in [4.78, 5) is 9.24. The van der Waals surface area contributed by atoms with E-state index in [2.05, 4.69) is 20.9 Å². The molecule has 3 heterocycles. The molecule has 0 spiro atoms. The third-order valence-electron chi connectivity index (χ3n) is 4.03. The standard InChI is InChI=1S/C14H18N4/c15-10-12-4-3-6-16-14(12)18-9-5-13(11-18)17-7-1-2-8-17/h3-4,6,13H,1-2,5,7-9,11H2. The van der Waals surface area contributed by atoms with Crippen molar-refractivity contribution in [3.8, 4) is 6.07 Å². The lowest BCUT2D eigenvalue weighted by Crippen LogP contribution is -2.35. The molecule has 1 aromatic rings. The van der Waals surface area contributed by atoms with Gasteiger partial charge in [0.2, 0.25) is 0 Å². The van der Waals surface area contributed by atoms with Gasteiger partial charge in [0.05, 0.1) is 5.56 Å². The molecule has 0 aliphatic carbocycles. The maximum absolute atomic E-state index is 9.13. The first-order valence-electron chi connectivity index (χ1n) is 6.72. The summed E-state index contributed by atoms with van der Waals surface area (Å²) in [5.41, 5.74) is 0.694. The first-order valence-corrected chi connectivity index (χ1v) is 6.72. The van der Waals surface area contributed by atoms with E-state index in [-0.39, 0.29) is 0 Å². The Morgan fingerprint density at radius 1 is 1.28 bits per heavy atom. The van der Waals surface area contributed by atoms with Crippen LogP contribution in [0.3, 0.4) is 0 Å². The van der Waals surface area contributed by atoms with E-state index in [9.17, 15) is 0 Å². The van der Waals surface area contributed by atoms with E-state index in [0.29, 0.717) is 11.6 Å². The van der Waals surface area contributed by atoms with Gasteiger partial charge >= 0.3 is 0 Å². The molecule has 0 N–H and O–H groups in total. The maximum atomic E-state index is 9.13. The van der Waals surface area contributed by atoms with Crippen molar-refractivity contribution < 1.29 is 0 Å². The number of anilines is 1. The molecule has 4 nitrogen and oxygen atoms in total. The molecule has 2 aliphatic heterocycles. The minimum atomic E-state index is 0.654. The Hall–Kier alpha value is -1.60. The highest BCUT2D eigenvalue weighted by molar-refractivity contribution is 5.54. The second-order valence-electron chi connectivity index (χ2n) is 5.12. The fraction of sp³-hybridized carbons (Fsp3) is 0.571. The fourth-order valence-electron chi connectivity index (χ4n) is 3.08. The van der Waals surface area contributed by atoms with Gasteiger partial charge in [0.25, 0.3) is 0 Å². The second-order valence-corrected chi connectivity index (χ2v) is 5.12. The van der Waals surface area contributed by atoms with E-state index < -0.39 is 0 Å². The van der Waals surface area contributed by atoms with Crippen molar-refractivity contribution in [2.24, 2.45) is 0 Å². The number of likely N-dealkylation sites (tertiary alicyclic amines) is 1. The summed E-state index contributed by atoms with van der Waals surface area (Å²) in [6.45, 7) is 4.52. The Labute approximate surface area is 108 Å². The van der Waals surface area contributed by atoms with Crippen LogP contribution in [0, 0.1) is 11.3 Å². The van der Waals surface area contributed by atoms with Crippen LogP contribution in [0.15, 0.2) is 18.3 Å². The Morgan fingerprint density at radius 2 is 2.11 bits per heavy atom. The van der Waals surface area contributed by atoms with Crippen LogP contribution in [0.5, 0.6) is 0 Å². The zero-order chi connectivity index (χ0) is 12.4. The normalized spacial score (nSPS) is 24.4. The Kier molecular flexibility index (Phi) is 3.16. The largest absolute Gasteiger partial charge is 0.354 e. The minimum Gasteiger partial charge on any atom is -0.354 e. The Bertz CT molecular complexity index is 459. The van der Waals surface area contributed by atoms with Crippen LogP contribution in [0.1, 0.15) is 24.8 Å². The Balaban J connectivity index is 1.73. The average molecular weight is 242 g/mol. The Morgan fingerprint density at radius 3 is 2.89 bits per heavy atom. The maximum Gasteiger partial charge on any atom is 0.146 e. The summed E-state index contributed by atoms with van der Waals surface area (Å²) >= 11 is 0. The third-order valence-corrected chi connectivity index (χ3v) is 4.03. The molecule has 0 amide bonds. The number of hydrogen-bond acceptors (Lipinski definition) is 4. The van der Waals surface area contributed by atoms with E-state index in [4.69, 9.17) is 5.26 Å². The van der Waals surface area contributed by atoms with Crippen LogP contribution in [-0.2, 0) is 0 Å². The highest BCUT2D eigenvalue weighted by Gasteiger charge is 2.30. The molecule has 0 aromatic carbocycles. The predicted molar refractivity (Wildman–Crippen MR) is 70.4 cm³/mol. The summed E-state index contributed by atoms with van der Waals surface area (Å²) in [5, 5.41) is 9.13. The van der Waals surface area contributed by atoms with Crippen molar-refractivity contribution in [3.63, 3.8) is 0 Å². The molecule has 1 unspecified atom stereocenters. The molecule has 18 heavy (non-hydrogen) atoms. The van der Waals surface area contributed by atoms with Crippen molar-refractivity contribution in [1.29, 1.82) is 5.26 Å². The van der Waals surface area contributed by atoms with Crippen LogP contribution in [-0.4, -0.2) is 42.1 Å². The molecule has 1 aromatic heterocycles. The number of hydrogen-bond donors (Lipinski definition) is 0. The molecule has 1 atom stereocenters. The summed E-state index contributed by atoms with van der Waals surface area (Å²) in [6, 6.07) is 6.57. The van der Waals surface area contributed by atoms with Gasteiger partial charge in [-0.1, -0.05) is 0 Å². The quantitative estimate of drug-likeness (QED) is 0.790. The molecule has 2 saturated heterocycles. The van der Waals surface area contributed by atoms with Crippen LogP contribution in [0.2, 0.25) is 0 Å².